The number of amides is 2. The third-order valence-electron chi connectivity index (χ3n) is 6.60. The molecular formula is C28H32N4O5S. The third-order valence-corrected chi connectivity index (χ3v) is 8.67. The summed E-state index contributed by atoms with van der Waals surface area (Å²) in [5.74, 6) is -0.616. The fourth-order valence-corrected chi connectivity index (χ4v) is 4.87. The Balaban J connectivity index is 1.37. The Morgan fingerprint density at radius 2 is 1.55 bits per heavy atom. The Hall–Kier alpha value is -3.92. The zero-order valence-electron chi connectivity index (χ0n) is 21.9. The maximum atomic E-state index is 13.2. The lowest BCUT2D eigenvalue weighted by Crippen LogP contribution is -2.48. The molecule has 2 heterocycles. The molecule has 1 fully saturated rings. The number of hydrogen-bond acceptors (Lipinski definition) is 7. The summed E-state index contributed by atoms with van der Waals surface area (Å²) in [5, 5.41) is 9.72. The van der Waals surface area contributed by atoms with Gasteiger partial charge in [0.25, 0.3) is 11.8 Å². The molecule has 3 aromatic rings. The maximum absolute atomic E-state index is 13.2. The number of benzene rings is 2. The number of carbonyl (C=O) groups is 2. The van der Waals surface area contributed by atoms with E-state index in [4.69, 9.17) is 0 Å². The van der Waals surface area contributed by atoms with E-state index in [0.717, 1.165) is 22.4 Å². The molecule has 1 saturated heterocycles. The Bertz CT molecular complexity index is 1460. The molecule has 1 aliphatic rings. The van der Waals surface area contributed by atoms with Gasteiger partial charge in [0.2, 0.25) is 10.0 Å². The average Bonchev–Trinajstić information content (AvgIpc) is 2.87. The van der Waals surface area contributed by atoms with Crippen LogP contribution in [0.5, 0.6) is 5.75 Å². The molecule has 38 heavy (non-hydrogen) atoms. The fraction of sp³-hybridized carbons (Fsp3) is 0.321. The number of anilines is 1. The van der Waals surface area contributed by atoms with Gasteiger partial charge in [-0.15, -0.1) is 0 Å². The number of nitrogens with one attached hydrogen (secondary N) is 1. The molecule has 0 aliphatic carbocycles. The topological polar surface area (TPSA) is 120 Å². The van der Waals surface area contributed by atoms with Gasteiger partial charge in [-0.25, -0.2) is 13.1 Å². The van der Waals surface area contributed by atoms with Crippen LogP contribution in [0.15, 0.2) is 60.9 Å². The molecule has 0 spiro atoms. The van der Waals surface area contributed by atoms with Crippen molar-refractivity contribution in [1.82, 2.24) is 14.6 Å². The molecule has 10 heteroatoms. The van der Waals surface area contributed by atoms with Crippen molar-refractivity contribution in [3.8, 4) is 16.9 Å². The van der Waals surface area contributed by atoms with E-state index in [1.807, 2.05) is 24.0 Å². The summed E-state index contributed by atoms with van der Waals surface area (Å²) >= 11 is 0. The van der Waals surface area contributed by atoms with Gasteiger partial charge in [-0.2, -0.15) is 0 Å². The Morgan fingerprint density at radius 3 is 2.13 bits per heavy atom. The van der Waals surface area contributed by atoms with Gasteiger partial charge in [0.05, 0.1) is 10.9 Å². The number of rotatable bonds is 5. The van der Waals surface area contributed by atoms with Crippen LogP contribution in [0.1, 0.15) is 47.1 Å². The van der Waals surface area contributed by atoms with E-state index in [2.05, 4.69) is 14.6 Å². The van der Waals surface area contributed by atoms with Crippen LogP contribution in [0.4, 0.5) is 5.69 Å². The molecule has 4 rings (SSSR count). The minimum atomic E-state index is -3.79. The second-order valence-corrected chi connectivity index (χ2v) is 12.8. The van der Waals surface area contributed by atoms with Crippen molar-refractivity contribution in [2.75, 3.05) is 31.1 Å². The van der Waals surface area contributed by atoms with E-state index < -0.39 is 20.7 Å². The largest absolute Gasteiger partial charge is 0.506 e. The number of carbonyl (C=O) groups excluding carboxylic acids is 2. The highest BCUT2D eigenvalue weighted by molar-refractivity contribution is 7.91. The summed E-state index contributed by atoms with van der Waals surface area (Å²) in [6.07, 6.45) is 3.05. The standard InChI is InChI=1S/C28H32N4O5S/c1-19-15-21(7-10-25(19)22-16-24(33)18-29-17-22)27(35)32-13-11-31(12-14-32)23-8-5-20(6-9-23)26(34)30-38(36,37)28(2,3)4/h5-10,15-18,33H,11-14H2,1-4H3,(H,30,34). The van der Waals surface area contributed by atoms with Crippen LogP contribution in [-0.2, 0) is 10.0 Å². The monoisotopic (exact) mass is 536 g/mol. The van der Waals surface area contributed by atoms with Gasteiger partial charge >= 0.3 is 0 Å². The lowest BCUT2D eigenvalue weighted by atomic mass is 9.99. The molecule has 0 saturated carbocycles. The van der Waals surface area contributed by atoms with Crippen molar-refractivity contribution < 1.29 is 23.1 Å². The number of sulfonamides is 1. The summed E-state index contributed by atoms with van der Waals surface area (Å²) < 4.78 is 25.6. The molecule has 200 valence electrons. The first kappa shape index (κ1) is 27.1. The normalized spacial score (nSPS) is 14.3. The molecule has 1 aliphatic heterocycles. The molecule has 0 bridgehead atoms. The Labute approximate surface area is 223 Å². The summed E-state index contributed by atoms with van der Waals surface area (Å²) in [7, 11) is -3.79. The number of aryl methyl sites for hydroxylation is 1. The van der Waals surface area contributed by atoms with Crippen LogP contribution in [0.25, 0.3) is 11.1 Å². The highest BCUT2D eigenvalue weighted by Crippen LogP contribution is 2.27. The summed E-state index contributed by atoms with van der Waals surface area (Å²) in [6, 6.07) is 14.0. The minimum Gasteiger partial charge on any atom is -0.506 e. The molecular weight excluding hydrogens is 504 g/mol. The molecule has 0 radical (unpaired) electrons. The zero-order chi connectivity index (χ0) is 27.7. The van der Waals surface area contributed by atoms with Crippen LogP contribution < -0.4 is 9.62 Å². The van der Waals surface area contributed by atoms with Crippen molar-refractivity contribution in [3.63, 3.8) is 0 Å². The third kappa shape index (κ3) is 5.80. The van der Waals surface area contributed by atoms with Crippen molar-refractivity contribution in [1.29, 1.82) is 0 Å². The van der Waals surface area contributed by atoms with Gasteiger partial charge < -0.3 is 14.9 Å². The van der Waals surface area contributed by atoms with E-state index in [0.29, 0.717) is 31.7 Å². The first-order valence-corrected chi connectivity index (χ1v) is 13.8. The first-order chi connectivity index (χ1) is 17.9. The number of hydrogen-bond donors (Lipinski definition) is 2. The lowest BCUT2D eigenvalue weighted by Gasteiger charge is -2.36. The highest BCUT2D eigenvalue weighted by Gasteiger charge is 2.31. The fourth-order valence-electron chi connectivity index (χ4n) is 4.20. The Morgan fingerprint density at radius 1 is 0.921 bits per heavy atom. The highest BCUT2D eigenvalue weighted by atomic mass is 32.2. The van der Waals surface area contributed by atoms with E-state index in [9.17, 15) is 23.1 Å². The van der Waals surface area contributed by atoms with E-state index in [1.165, 1.54) is 27.0 Å². The maximum Gasteiger partial charge on any atom is 0.264 e. The second kappa shape index (κ2) is 10.4. The molecule has 2 amide bonds. The quantitative estimate of drug-likeness (QED) is 0.511. The number of aromatic hydroxyl groups is 1. The summed E-state index contributed by atoms with van der Waals surface area (Å²) in [5.41, 5.74) is 4.37. The van der Waals surface area contributed by atoms with Gasteiger partial charge in [0.15, 0.2) is 0 Å². The predicted molar refractivity (Wildman–Crippen MR) is 147 cm³/mol. The number of nitrogens with zero attached hydrogens (tertiary/aromatic N) is 3. The van der Waals surface area contributed by atoms with Crippen LogP contribution >= 0.6 is 0 Å². The number of piperazine rings is 1. The zero-order valence-corrected chi connectivity index (χ0v) is 22.7. The smallest absolute Gasteiger partial charge is 0.264 e. The van der Waals surface area contributed by atoms with Gasteiger partial charge in [-0.1, -0.05) is 6.07 Å². The van der Waals surface area contributed by atoms with Crippen molar-refractivity contribution in [2.24, 2.45) is 0 Å². The first-order valence-electron chi connectivity index (χ1n) is 12.3. The molecule has 2 aromatic carbocycles. The van der Waals surface area contributed by atoms with Crippen molar-refractivity contribution in [3.05, 3.63) is 77.6 Å². The second-order valence-electron chi connectivity index (χ2n) is 10.3. The minimum absolute atomic E-state index is 0.0413. The summed E-state index contributed by atoms with van der Waals surface area (Å²) in [6.45, 7) is 8.86. The van der Waals surface area contributed by atoms with E-state index in [1.54, 1.807) is 42.6 Å². The van der Waals surface area contributed by atoms with Crippen LogP contribution in [0, 0.1) is 6.92 Å². The molecule has 0 unspecified atom stereocenters. The van der Waals surface area contributed by atoms with Crippen LogP contribution in [0.2, 0.25) is 0 Å². The SMILES string of the molecule is Cc1cc(C(=O)N2CCN(c3ccc(C(=O)NS(=O)(=O)C(C)(C)C)cc3)CC2)ccc1-c1cncc(O)c1. The van der Waals surface area contributed by atoms with Crippen molar-refractivity contribution >= 4 is 27.5 Å². The lowest BCUT2D eigenvalue weighted by molar-refractivity contribution is 0.0746. The van der Waals surface area contributed by atoms with Gasteiger partial charge in [-0.3, -0.25) is 14.6 Å². The molecule has 1 aromatic heterocycles. The molecule has 0 atom stereocenters. The van der Waals surface area contributed by atoms with Crippen molar-refractivity contribution in [2.45, 2.75) is 32.4 Å². The predicted octanol–water partition coefficient (Wildman–Crippen LogP) is 3.58. The van der Waals surface area contributed by atoms with Crippen LogP contribution in [0.3, 0.4) is 0 Å². The van der Waals surface area contributed by atoms with Gasteiger partial charge in [-0.05, 0) is 81.3 Å². The van der Waals surface area contributed by atoms with Gasteiger partial charge in [0, 0.05) is 54.8 Å². The number of pyridine rings is 1. The number of aromatic nitrogens is 1. The molecule has 2 N–H and O–H groups in total. The average molecular weight is 537 g/mol. The van der Waals surface area contributed by atoms with E-state index >= 15 is 0 Å². The van der Waals surface area contributed by atoms with Gasteiger partial charge in [0.1, 0.15) is 5.75 Å². The van der Waals surface area contributed by atoms with E-state index in [-0.39, 0.29) is 17.2 Å². The van der Waals surface area contributed by atoms with Crippen LogP contribution in [-0.4, -0.2) is 66.1 Å². The molecule has 9 nitrogen and oxygen atoms in total. The Kier molecular flexibility index (Phi) is 7.46. The summed E-state index contributed by atoms with van der Waals surface area (Å²) in [4.78, 5) is 33.6.